The molecule has 0 radical (unpaired) electrons. The van der Waals surface area contributed by atoms with Crippen LogP contribution in [0.25, 0.3) is 0 Å². The van der Waals surface area contributed by atoms with E-state index >= 15 is 0 Å². The first kappa shape index (κ1) is 14.8. The first-order chi connectivity index (χ1) is 9.57. The topological polar surface area (TPSA) is 57.3 Å². The van der Waals surface area contributed by atoms with Gasteiger partial charge in [-0.2, -0.15) is 0 Å². The van der Waals surface area contributed by atoms with Crippen LogP contribution in [0.2, 0.25) is 0 Å². The van der Waals surface area contributed by atoms with Gasteiger partial charge in [0.15, 0.2) is 0 Å². The van der Waals surface area contributed by atoms with Crippen molar-refractivity contribution >= 4 is 11.6 Å². The number of aromatic nitrogens is 1. The van der Waals surface area contributed by atoms with Crippen LogP contribution in [0.4, 0.5) is 5.69 Å². The second-order valence-electron chi connectivity index (χ2n) is 5.69. The largest absolute Gasteiger partial charge is 0.387 e. The van der Waals surface area contributed by atoms with Crippen molar-refractivity contribution in [1.29, 1.82) is 0 Å². The maximum absolute atomic E-state index is 12.2. The smallest absolute Gasteiger partial charge is 0.269 e. The van der Waals surface area contributed by atoms with Crippen molar-refractivity contribution in [2.45, 2.75) is 31.2 Å². The van der Waals surface area contributed by atoms with Gasteiger partial charge >= 0.3 is 0 Å². The molecule has 0 spiro atoms. The van der Waals surface area contributed by atoms with Crippen LogP contribution in [-0.4, -0.2) is 49.0 Å². The fourth-order valence-electron chi connectivity index (χ4n) is 2.83. The molecule has 5 nitrogen and oxygen atoms in total. The number of nitrogens with zero attached hydrogens (tertiary/aromatic N) is 2. The van der Waals surface area contributed by atoms with Crippen LogP contribution in [0.15, 0.2) is 18.3 Å². The van der Waals surface area contributed by atoms with Gasteiger partial charge in [-0.25, -0.2) is 4.98 Å². The highest BCUT2D eigenvalue weighted by molar-refractivity contribution is 5.92. The Morgan fingerprint density at radius 1 is 1.35 bits per heavy atom. The fraction of sp³-hybridized carbons (Fsp3) is 0.600. The lowest BCUT2D eigenvalue weighted by molar-refractivity contribution is 0.0895. The molecule has 20 heavy (non-hydrogen) atoms. The Balaban J connectivity index is 1.97. The molecule has 1 aliphatic rings. The number of carbonyl (C=O) groups excluding carboxylic acids is 1. The van der Waals surface area contributed by atoms with E-state index in [0.29, 0.717) is 12.2 Å². The van der Waals surface area contributed by atoms with E-state index in [1.165, 1.54) is 12.8 Å². The highest BCUT2D eigenvalue weighted by Gasteiger charge is 2.36. The van der Waals surface area contributed by atoms with Gasteiger partial charge in [0.25, 0.3) is 5.91 Å². The lowest BCUT2D eigenvalue weighted by atomic mass is 9.96. The predicted molar refractivity (Wildman–Crippen MR) is 81.0 cm³/mol. The molecule has 1 aliphatic carbocycles. The highest BCUT2D eigenvalue weighted by Crippen LogP contribution is 2.33. The summed E-state index contributed by atoms with van der Waals surface area (Å²) in [5.74, 6) is -0.0965. The van der Waals surface area contributed by atoms with Gasteiger partial charge < -0.3 is 15.5 Å². The summed E-state index contributed by atoms with van der Waals surface area (Å²) in [4.78, 5) is 18.6. The second kappa shape index (κ2) is 6.22. The molecule has 2 N–H and O–H groups in total. The van der Waals surface area contributed by atoms with E-state index in [4.69, 9.17) is 0 Å². The summed E-state index contributed by atoms with van der Waals surface area (Å²) in [6, 6.07) is 3.61. The predicted octanol–water partition coefficient (Wildman–Crippen LogP) is 1.73. The van der Waals surface area contributed by atoms with Gasteiger partial charge in [0.05, 0.1) is 11.9 Å². The molecule has 1 heterocycles. The molecule has 0 atom stereocenters. The van der Waals surface area contributed by atoms with Crippen LogP contribution in [0.1, 0.15) is 36.2 Å². The number of anilines is 1. The van der Waals surface area contributed by atoms with Crippen molar-refractivity contribution in [3.63, 3.8) is 0 Å². The maximum atomic E-state index is 12.2. The Hall–Kier alpha value is -1.62. The van der Waals surface area contributed by atoms with Gasteiger partial charge in [-0.05, 0) is 39.1 Å². The van der Waals surface area contributed by atoms with E-state index < -0.39 is 0 Å². The maximum Gasteiger partial charge on any atom is 0.269 e. The minimum Gasteiger partial charge on any atom is -0.387 e. The third-order valence-corrected chi connectivity index (χ3v) is 4.35. The van der Waals surface area contributed by atoms with E-state index in [0.717, 1.165) is 18.5 Å². The Kier molecular flexibility index (Phi) is 4.60. The Bertz CT molecular complexity index is 449. The van der Waals surface area contributed by atoms with E-state index in [1.54, 1.807) is 12.3 Å². The number of amides is 1. The molecule has 1 amide bonds. The molecular weight excluding hydrogens is 252 g/mol. The molecule has 1 aromatic rings. The summed E-state index contributed by atoms with van der Waals surface area (Å²) < 4.78 is 0. The summed E-state index contributed by atoms with van der Waals surface area (Å²) in [5, 5.41) is 6.03. The Morgan fingerprint density at radius 3 is 2.55 bits per heavy atom. The van der Waals surface area contributed by atoms with E-state index in [2.05, 4.69) is 34.6 Å². The first-order valence-corrected chi connectivity index (χ1v) is 7.17. The lowest BCUT2D eigenvalue weighted by Crippen LogP contribution is -2.50. The first-order valence-electron chi connectivity index (χ1n) is 7.17. The van der Waals surface area contributed by atoms with Crippen molar-refractivity contribution in [3.05, 3.63) is 24.0 Å². The molecule has 0 saturated heterocycles. The molecule has 0 aromatic carbocycles. The molecule has 2 rings (SSSR count). The summed E-state index contributed by atoms with van der Waals surface area (Å²) >= 11 is 0. The zero-order chi connectivity index (χ0) is 14.6. The summed E-state index contributed by atoms with van der Waals surface area (Å²) in [5.41, 5.74) is 1.48. The lowest BCUT2D eigenvalue weighted by Gasteiger charge is -2.36. The fourth-order valence-corrected chi connectivity index (χ4v) is 2.83. The number of nitrogens with one attached hydrogen (secondary N) is 2. The van der Waals surface area contributed by atoms with Gasteiger partial charge in [-0.15, -0.1) is 0 Å². The average Bonchev–Trinajstić information content (AvgIpc) is 2.95. The third-order valence-electron chi connectivity index (χ3n) is 4.35. The average molecular weight is 276 g/mol. The monoisotopic (exact) mass is 276 g/mol. The number of rotatable bonds is 5. The molecule has 1 aromatic heterocycles. The van der Waals surface area contributed by atoms with E-state index in [-0.39, 0.29) is 11.4 Å². The molecule has 0 aliphatic heterocycles. The van der Waals surface area contributed by atoms with Gasteiger partial charge in [0.1, 0.15) is 5.69 Å². The SMILES string of the molecule is CNc1ccc(C(=O)NCC2(N(C)C)CCCC2)nc1. The van der Waals surface area contributed by atoms with Gasteiger partial charge in [0, 0.05) is 19.1 Å². The van der Waals surface area contributed by atoms with Crippen LogP contribution < -0.4 is 10.6 Å². The number of pyridine rings is 1. The number of hydrogen-bond donors (Lipinski definition) is 2. The van der Waals surface area contributed by atoms with Crippen molar-refractivity contribution < 1.29 is 4.79 Å². The normalized spacial score (nSPS) is 17.2. The standard InChI is InChI=1S/C15H24N4O/c1-16-12-6-7-13(17-10-12)14(20)18-11-15(19(2)3)8-4-5-9-15/h6-7,10,16H,4-5,8-9,11H2,1-3H3,(H,18,20). The Morgan fingerprint density at radius 2 is 2.05 bits per heavy atom. The van der Waals surface area contributed by atoms with Gasteiger partial charge in [-0.1, -0.05) is 12.8 Å². The molecular formula is C15H24N4O. The van der Waals surface area contributed by atoms with E-state index in [9.17, 15) is 4.79 Å². The summed E-state index contributed by atoms with van der Waals surface area (Å²) in [6.07, 6.45) is 6.44. The number of carbonyl (C=O) groups is 1. The van der Waals surface area contributed by atoms with Crippen LogP contribution in [0.3, 0.4) is 0 Å². The number of likely N-dealkylation sites (N-methyl/N-ethyl adjacent to an activating group) is 1. The Labute approximate surface area is 120 Å². The zero-order valence-electron chi connectivity index (χ0n) is 12.6. The molecule has 5 heteroatoms. The van der Waals surface area contributed by atoms with Gasteiger partial charge in [-0.3, -0.25) is 4.79 Å². The van der Waals surface area contributed by atoms with Crippen LogP contribution in [0.5, 0.6) is 0 Å². The molecule has 1 saturated carbocycles. The minimum atomic E-state index is -0.0965. The van der Waals surface area contributed by atoms with Crippen molar-refractivity contribution in [3.8, 4) is 0 Å². The van der Waals surface area contributed by atoms with Crippen molar-refractivity contribution in [2.24, 2.45) is 0 Å². The van der Waals surface area contributed by atoms with Gasteiger partial charge in [0.2, 0.25) is 0 Å². The van der Waals surface area contributed by atoms with Crippen molar-refractivity contribution in [1.82, 2.24) is 15.2 Å². The molecule has 0 bridgehead atoms. The third kappa shape index (κ3) is 3.10. The zero-order valence-corrected chi connectivity index (χ0v) is 12.6. The molecule has 1 fully saturated rings. The van der Waals surface area contributed by atoms with Crippen LogP contribution >= 0.6 is 0 Å². The molecule has 110 valence electrons. The molecule has 0 unspecified atom stereocenters. The van der Waals surface area contributed by atoms with Crippen LogP contribution in [0, 0.1) is 0 Å². The second-order valence-corrected chi connectivity index (χ2v) is 5.69. The number of hydrogen-bond acceptors (Lipinski definition) is 4. The minimum absolute atomic E-state index is 0.0965. The van der Waals surface area contributed by atoms with Crippen LogP contribution in [-0.2, 0) is 0 Å². The quantitative estimate of drug-likeness (QED) is 0.860. The van der Waals surface area contributed by atoms with Crippen molar-refractivity contribution in [2.75, 3.05) is 33.0 Å². The highest BCUT2D eigenvalue weighted by atomic mass is 16.1. The summed E-state index contributed by atoms with van der Waals surface area (Å²) in [6.45, 7) is 0.689. The summed E-state index contributed by atoms with van der Waals surface area (Å²) in [7, 11) is 6.02. The van der Waals surface area contributed by atoms with E-state index in [1.807, 2.05) is 13.1 Å².